The van der Waals surface area contributed by atoms with Gasteiger partial charge >= 0.3 is 5.97 Å². The molecule has 24 heavy (non-hydrogen) atoms. The quantitative estimate of drug-likeness (QED) is 0.872. The molecular weight excluding hydrogens is 330 g/mol. The number of nitrogens with two attached hydrogens (primary N) is 1. The first kappa shape index (κ1) is 16.4. The number of nitrogen functional groups attached to an aromatic ring is 1. The molecule has 126 valence electrons. The summed E-state index contributed by atoms with van der Waals surface area (Å²) in [5, 5.41) is 9.29. The molecule has 1 saturated heterocycles. The summed E-state index contributed by atoms with van der Waals surface area (Å²) in [5.74, 6) is -1.00. The first-order valence-corrected chi connectivity index (χ1v) is 8.93. The summed E-state index contributed by atoms with van der Waals surface area (Å²) in [6.45, 7) is 1.07. The zero-order chi connectivity index (χ0) is 17.3. The maximum absolute atomic E-state index is 12.5. The molecule has 7 nitrogen and oxygen atoms in total. The van der Waals surface area contributed by atoms with Crippen molar-refractivity contribution in [3.63, 3.8) is 0 Å². The van der Waals surface area contributed by atoms with Gasteiger partial charge in [-0.3, -0.25) is 0 Å². The van der Waals surface area contributed by atoms with Crippen LogP contribution in [0.25, 0.3) is 11.1 Å². The number of pyridine rings is 1. The van der Waals surface area contributed by atoms with Gasteiger partial charge in [-0.05, 0) is 36.6 Å². The Morgan fingerprint density at radius 1 is 1.17 bits per heavy atom. The third-order valence-corrected chi connectivity index (χ3v) is 5.94. The second-order valence-electron chi connectivity index (χ2n) is 5.60. The molecule has 8 heteroatoms. The van der Waals surface area contributed by atoms with Crippen LogP contribution in [0.2, 0.25) is 0 Å². The number of aromatic nitrogens is 1. The van der Waals surface area contributed by atoms with Crippen molar-refractivity contribution in [2.75, 3.05) is 18.8 Å². The fourth-order valence-electron chi connectivity index (χ4n) is 2.76. The van der Waals surface area contributed by atoms with Gasteiger partial charge in [-0.25, -0.2) is 18.2 Å². The van der Waals surface area contributed by atoms with Gasteiger partial charge in [0.15, 0.2) is 0 Å². The van der Waals surface area contributed by atoms with Crippen molar-refractivity contribution >= 4 is 21.8 Å². The van der Waals surface area contributed by atoms with Crippen molar-refractivity contribution in [2.24, 2.45) is 0 Å². The lowest BCUT2D eigenvalue weighted by Crippen LogP contribution is -2.27. The smallest absolute Gasteiger partial charge is 0.336 e. The van der Waals surface area contributed by atoms with Crippen LogP contribution in [0.1, 0.15) is 23.2 Å². The number of rotatable bonds is 4. The first-order chi connectivity index (χ1) is 11.4. The lowest BCUT2D eigenvalue weighted by Gasteiger charge is -2.15. The molecule has 0 unspecified atom stereocenters. The summed E-state index contributed by atoms with van der Waals surface area (Å²) in [7, 11) is -3.49. The van der Waals surface area contributed by atoms with Gasteiger partial charge in [-0.15, -0.1) is 0 Å². The Morgan fingerprint density at radius 2 is 1.79 bits per heavy atom. The molecule has 3 rings (SSSR count). The third kappa shape index (κ3) is 2.98. The van der Waals surface area contributed by atoms with Crippen molar-refractivity contribution < 1.29 is 18.3 Å². The number of aromatic carboxylic acids is 1. The topological polar surface area (TPSA) is 114 Å². The van der Waals surface area contributed by atoms with E-state index in [-0.39, 0.29) is 16.3 Å². The number of benzene rings is 1. The van der Waals surface area contributed by atoms with E-state index < -0.39 is 16.0 Å². The van der Waals surface area contributed by atoms with E-state index in [9.17, 15) is 18.3 Å². The molecule has 2 aromatic rings. The highest BCUT2D eigenvalue weighted by Gasteiger charge is 2.27. The Labute approximate surface area is 139 Å². The van der Waals surface area contributed by atoms with E-state index in [1.807, 2.05) is 0 Å². The van der Waals surface area contributed by atoms with Crippen molar-refractivity contribution in [1.82, 2.24) is 9.29 Å². The molecule has 0 spiro atoms. The van der Waals surface area contributed by atoms with Crippen LogP contribution in [0.15, 0.2) is 41.4 Å². The Morgan fingerprint density at radius 3 is 2.38 bits per heavy atom. The third-order valence-electron chi connectivity index (χ3n) is 4.02. The number of nitrogens with zero attached hydrogens (tertiary/aromatic N) is 2. The summed E-state index contributed by atoms with van der Waals surface area (Å²) in [6, 6.07) is 7.44. The van der Waals surface area contributed by atoms with Crippen LogP contribution in [0, 0.1) is 0 Å². The molecule has 1 aliphatic heterocycles. The maximum atomic E-state index is 12.5. The minimum atomic E-state index is -3.49. The highest BCUT2D eigenvalue weighted by Crippen LogP contribution is 2.27. The summed E-state index contributed by atoms with van der Waals surface area (Å²) < 4.78 is 26.5. The molecule has 0 radical (unpaired) electrons. The largest absolute Gasteiger partial charge is 0.478 e. The van der Waals surface area contributed by atoms with Gasteiger partial charge in [0.25, 0.3) is 0 Å². The molecule has 1 aromatic heterocycles. The molecule has 2 heterocycles. The average molecular weight is 347 g/mol. The van der Waals surface area contributed by atoms with Gasteiger partial charge in [-0.1, -0.05) is 12.1 Å². The van der Waals surface area contributed by atoms with Crippen molar-refractivity contribution in [1.29, 1.82) is 0 Å². The van der Waals surface area contributed by atoms with Crippen LogP contribution >= 0.6 is 0 Å². The van der Waals surface area contributed by atoms with Gasteiger partial charge in [-0.2, -0.15) is 4.31 Å². The SMILES string of the molecule is Nc1cc(C(=O)O)c(-c2ccc(S(=O)(=O)N3CCCC3)cc2)cn1. The van der Waals surface area contributed by atoms with E-state index in [1.165, 1.54) is 28.7 Å². The fourth-order valence-corrected chi connectivity index (χ4v) is 4.28. The monoisotopic (exact) mass is 347 g/mol. The number of carboxylic acid groups (broad SMARTS) is 1. The Balaban J connectivity index is 1.97. The molecule has 0 bridgehead atoms. The van der Waals surface area contributed by atoms with Gasteiger partial charge in [0.2, 0.25) is 10.0 Å². The van der Waals surface area contributed by atoms with Crippen LogP contribution in [0.5, 0.6) is 0 Å². The predicted octanol–water partition coefficient (Wildman–Crippen LogP) is 1.81. The molecule has 0 saturated carbocycles. The van der Waals surface area contributed by atoms with E-state index in [4.69, 9.17) is 5.73 Å². The lowest BCUT2D eigenvalue weighted by atomic mass is 10.0. The van der Waals surface area contributed by atoms with Crippen LogP contribution in [0.3, 0.4) is 0 Å². The Hall–Kier alpha value is -2.45. The van der Waals surface area contributed by atoms with E-state index in [0.717, 1.165) is 12.8 Å². The number of hydrogen-bond donors (Lipinski definition) is 2. The van der Waals surface area contributed by atoms with Crippen LogP contribution < -0.4 is 5.73 Å². The molecule has 3 N–H and O–H groups in total. The van der Waals surface area contributed by atoms with Crippen molar-refractivity contribution in [3.8, 4) is 11.1 Å². The molecule has 1 aliphatic rings. The summed E-state index contributed by atoms with van der Waals surface area (Å²) in [4.78, 5) is 15.5. The minimum absolute atomic E-state index is 0.0256. The van der Waals surface area contributed by atoms with E-state index in [1.54, 1.807) is 12.1 Å². The number of carbonyl (C=O) groups is 1. The van der Waals surface area contributed by atoms with Crippen molar-refractivity contribution in [3.05, 3.63) is 42.1 Å². The summed E-state index contributed by atoms with van der Waals surface area (Å²) >= 11 is 0. The van der Waals surface area contributed by atoms with Crippen LogP contribution in [-0.2, 0) is 10.0 Å². The first-order valence-electron chi connectivity index (χ1n) is 7.49. The lowest BCUT2D eigenvalue weighted by molar-refractivity contribution is 0.0697. The van der Waals surface area contributed by atoms with Crippen LogP contribution in [-0.4, -0.2) is 41.9 Å². The average Bonchev–Trinajstić information content (AvgIpc) is 3.10. The molecule has 1 fully saturated rings. The number of sulfonamides is 1. The van der Waals surface area contributed by atoms with Gasteiger partial charge in [0.1, 0.15) is 5.82 Å². The van der Waals surface area contributed by atoms with Crippen molar-refractivity contribution in [2.45, 2.75) is 17.7 Å². The maximum Gasteiger partial charge on any atom is 0.336 e. The zero-order valence-electron chi connectivity index (χ0n) is 12.8. The van der Waals surface area contributed by atoms with E-state index >= 15 is 0 Å². The second-order valence-corrected chi connectivity index (χ2v) is 7.53. The van der Waals surface area contributed by atoms with Crippen LogP contribution in [0.4, 0.5) is 5.82 Å². The molecule has 0 atom stereocenters. The zero-order valence-corrected chi connectivity index (χ0v) is 13.7. The van der Waals surface area contributed by atoms with Gasteiger partial charge < -0.3 is 10.8 Å². The standard InChI is InChI=1S/C16H17N3O4S/c17-15-9-13(16(20)21)14(10-18-15)11-3-5-12(6-4-11)24(22,23)19-7-1-2-8-19/h3-6,9-10H,1-2,7-8H2,(H2,17,18)(H,20,21). The second kappa shape index (κ2) is 6.21. The predicted molar refractivity (Wildman–Crippen MR) is 89.0 cm³/mol. The molecular formula is C16H17N3O4S. The van der Waals surface area contributed by atoms with E-state index in [2.05, 4.69) is 4.98 Å². The number of carboxylic acids is 1. The fraction of sp³-hybridized carbons (Fsp3) is 0.250. The highest BCUT2D eigenvalue weighted by atomic mass is 32.2. The molecule has 0 amide bonds. The summed E-state index contributed by atoms with van der Waals surface area (Å²) in [5.41, 5.74) is 6.52. The Kier molecular flexibility index (Phi) is 4.25. The minimum Gasteiger partial charge on any atom is -0.478 e. The molecule has 1 aromatic carbocycles. The van der Waals surface area contributed by atoms with Gasteiger partial charge in [0, 0.05) is 24.8 Å². The number of anilines is 1. The highest BCUT2D eigenvalue weighted by molar-refractivity contribution is 7.89. The molecule has 0 aliphatic carbocycles. The summed E-state index contributed by atoms with van der Waals surface area (Å²) in [6.07, 6.45) is 3.12. The Bertz CT molecular complexity index is 873. The normalized spacial score (nSPS) is 15.5. The van der Waals surface area contributed by atoms with Gasteiger partial charge in [0.05, 0.1) is 10.5 Å². The van der Waals surface area contributed by atoms with E-state index in [0.29, 0.717) is 24.2 Å². The number of hydrogen-bond acceptors (Lipinski definition) is 5.